The van der Waals surface area contributed by atoms with Crippen molar-refractivity contribution in [3.63, 3.8) is 0 Å². The highest BCUT2D eigenvalue weighted by Gasteiger charge is 2.35. The van der Waals surface area contributed by atoms with Crippen molar-refractivity contribution >= 4 is 11.9 Å². The maximum absolute atomic E-state index is 13.1. The molecule has 2 heterocycles. The third kappa shape index (κ3) is 6.58. The molecule has 1 aromatic heterocycles. The molecule has 2 aromatic carbocycles. The number of piperidine rings is 1. The number of methoxy groups -OCH3 is 1. The molecule has 0 aliphatic carbocycles. The van der Waals surface area contributed by atoms with Crippen LogP contribution < -0.4 is 5.32 Å². The monoisotopic (exact) mass is 485 g/mol. The van der Waals surface area contributed by atoms with Gasteiger partial charge in [0.1, 0.15) is 0 Å². The number of rotatable bonds is 9. The molecule has 186 valence electrons. The van der Waals surface area contributed by atoms with E-state index in [2.05, 4.69) is 33.4 Å². The molecule has 4 rings (SSSR count). The number of aromatic nitrogens is 2. The molecule has 0 bridgehead atoms. The van der Waals surface area contributed by atoms with E-state index in [1.165, 1.54) is 7.11 Å². The normalized spacial score (nSPS) is 17.8. The van der Waals surface area contributed by atoms with Crippen molar-refractivity contribution in [2.45, 2.75) is 25.9 Å². The molecule has 0 saturated carbocycles. The molecule has 1 N–H and O–H groups in total. The Morgan fingerprint density at radius 1 is 1.06 bits per heavy atom. The number of nitrogens with zero attached hydrogens (tertiary/aromatic N) is 4. The fourth-order valence-electron chi connectivity index (χ4n) is 4.73. The standard InChI is InChI=1S/C28H31N5O3/c1-36-28(35)25-13-24(18-32(19-25)16-22-5-3-2-4-6-22)27(34)31-12-11-26-15-30-20-33(26)17-23-9-7-21(14-29)8-10-23/h2-10,15,20,24-25H,11-13,16-19H2,1H3,(H,31,34)/t24-,25+/m1/s1. The zero-order valence-corrected chi connectivity index (χ0v) is 20.5. The van der Waals surface area contributed by atoms with Crippen LogP contribution in [0.2, 0.25) is 0 Å². The average Bonchev–Trinajstić information content (AvgIpc) is 3.35. The molecule has 8 heteroatoms. The smallest absolute Gasteiger partial charge is 0.309 e. The third-order valence-electron chi connectivity index (χ3n) is 6.60. The lowest BCUT2D eigenvalue weighted by molar-refractivity contribution is -0.149. The third-order valence-corrected chi connectivity index (χ3v) is 6.60. The quantitative estimate of drug-likeness (QED) is 0.468. The van der Waals surface area contributed by atoms with E-state index in [1.807, 2.05) is 41.1 Å². The maximum atomic E-state index is 13.1. The lowest BCUT2D eigenvalue weighted by Gasteiger charge is -2.36. The van der Waals surface area contributed by atoms with Crippen LogP contribution in [0.4, 0.5) is 0 Å². The van der Waals surface area contributed by atoms with Crippen molar-refractivity contribution in [1.29, 1.82) is 5.26 Å². The number of esters is 1. The minimum atomic E-state index is -0.322. The molecule has 0 unspecified atom stereocenters. The minimum absolute atomic E-state index is 0.0418. The van der Waals surface area contributed by atoms with E-state index in [1.54, 1.807) is 18.5 Å². The predicted molar refractivity (Wildman–Crippen MR) is 135 cm³/mol. The zero-order valence-electron chi connectivity index (χ0n) is 20.5. The Morgan fingerprint density at radius 2 is 1.78 bits per heavy atom. The summed E-state index contributed by atoms with van der Waals surface area (Å²) < 4.78 is 7.04. The van der Waals surface area contributed by atoms with Gasteiger partial charge >= 0.3 is 5.97 Å². The second-order valence-corrected chi connectivity index (χ2v) is 9.20. The zero-order chi connectivity index (χ0) is 25.3. The van der Waals surface area contributed by atoms with Gasteiger partial charge in [-0.3, -0.25) is 14.5 Å². The number of carbonyl (C=O) groups excluding carboxylic acids is 2. The molecule has 1 aliphatic rings. The minimum Gasteiger partial charge on any atom is -0.469 e. The van der Waals surface area contributed by atoms with Crippen LogP contribution in [0, 0.1) is 23.2 Å². The van der Waals surface area contributed by atoms with E-state index in [9.17, 15) is 9.59 Å². The summed E-state index contributed by atoms with van der Waals surface area (Å²) in [5.41, 5.74) is 3.87. The van der Waals surface area contributed by atoms with Crippen molar-refractivity contribution in [1.82, 2.24) is 19.8 Å². The molecule has 1 fully saturated rings. The van der Waals surface area contributed by atoms with Gasteiger partial charge in [-0.1, -0.05) is 42.5 Å². The molecular weight excluding hydrogens is 454 g/mol. The van der Waals surface area contributed by atoms with Gasteiger partial charge < -0.3 is 14.6 Å². The lowest BCUT2D eigenvalue weighted by atomic mass is 9.88. The Labute approximate surface area is 211 Å². The van der Waals surface area contributed by atoms with Crippen molar-refractivity contribution < 1.29 is 14.3 Å². The van der Waals surface area contributed by atoms with Gasteiger partial charge in [-0.25, -0.2) is 4.98 Å². The number of benzene rings is 2. The SMILES string of the molecule is COC(=O)[C@H]1C[C@@H](C(=O)NCCc2cncn2Cc2ccc(C#N)cc2)CN(Cc2ccccc2)C1. The fraction of sp³-hybridized carbons (Fsp3) is 0.357. The van der Waals surface area contributed by atoms with Crippen LogP contribution in [0.5, 0.6) is 0 Å². The summed E-state index contributed by atoms with van der Waals surface area (Å²) in [6, 6.07) is 19.7. The summed E-state index contributed by atoms with van der Waals surface area (Å²) >= 11 is 0. The van der Waals surface area contributed by atoms with Gasteiger partial charge in [-0.05, 0) is 29.7 Å². The van der Waals surface area contributed by atoms with Crippen LogP contribution in [0.25, 0.3) is 0 Å². The van der Waals surface area contributed by atoms with E-state index in [0.29, 0.717) is 51.1 Å². The summed E-state index contributed by atoms with van der Waals surface area (Å²) in [6.07, 6.45) is 4.72. The highest BCUT2D eigenvalue weighted by Crippen LogP contribution is 2.25. The first kappa shape index (κ1) is 25.1. The molecule has 0 spiro atoms. The highest BCUT2D eigenvalue weighted by molar-refractivity contribution is 5.80. The number of hydrogen-bond donors (Lipinski definition) is 1. The topological polar surface area (TPSA) is 100 Å². The molecule has 8 nitrogen and oxygen atoms in total. The first-order valence-electron chi connectivity index (χ1n) is 12.2. The highest BCUT2D eigenvalue weighted by atomic mass is 16.5. The van der Waals surface area contributed by atoms with Crippen molar-refractivity contribution in [2.75, 3.05) is 26.7 Å². The van der Waals surface area contributed by atoms with Crippen LogP contribution in [-0.4, -0.2) is 53.1 Å². The van der Waals surface area contributed by atoms with Crippen LogP contribution >= 0.6 is 0 Å². The lowest BCUT2D eigenvalue weighted by Crippen LogP contribution is -2.48. The van der Waals surface area contributed by atoms with Gasteiger partial charge in [0.05, 0.1) is 36.9 Å². The second kappa shape index (κ2) is 12.1. The molecule has 0 radical (unpaired) electrons. The van der Waals surface area contributed by atoms with Crippen molar-refractivity contribution in [2.24, 2.45) is 11.8 Å². The van der Waals surface area contributed by atoms with E-state index < -0.39 is 0 Å². The largest absolute Gasteiger partial charge is 0.469 e. The Bertz CT molecular complexity index is 1200. The summed E-state index contributed by atoms with van der Waals surface area (Å²) in [6.45, 7) is 3.00. The van der Waals surface area contributed by atoms with Crippen molar-refractivity contribution in [3.8, 4) is 6.07 Å². The van der Waals surface area contributed by atoms with Gasteiger partial charge in [0, 0.05) is 51.0 Å². The number of amides is 1. The average molecular weight is 486 g/mol. The Hall–Kier alpha value is -3.96. The molecule has 3 aromatic rings. The summed E-state index contributed by atoms with van der Waals surface area (Å²) in [5.74, 6) is -0.913. The van der Waals surface area contributed by atoms with Crippen LogP contribution in [0.1, 0.15) is 28.8 Å². The summed E-state index contributed by atoms with van der Waals surface area (Å²) in [7, 11) is 1.40. The van der Waals surface area contributed by atoms with Gasteiger partial charge in [0.25, 0.3) is 0 Å². The van der Waals surface area contributed by atoms with E-state index in [-0.39, 0.29) is 23.7 Å². The number of hydrogen-bond acceptors (Lipinski definition) is 6. The Kier molecular flexibility index (Phi) is 8.48. The van der Waals surface area contributed by atoms with E-state index >= 15 is 0 Å². The number of carbonyl (C=O) groups is 2. The Morgan fingerprint density at radius 3 is 2.50 bits per heavy atom. The van der Waals surface area contributed by atoms with Gasteiger partial charge in [0.2, 0.25) is 5.91 Å². The molecular formula is C28H31N5O3. The number of nitriles is 1. The molecule has 2 atom stereocenters. The van der Waals surface area contributed by atoms with E-state index in [4.69, 9.17) is 10.00 Å². The first-order valence-corrected chi connectivity index (χ1v) is 12.2. The second-order valence-electron chi connectivity index (χ2n) is 9.20. The number of likely N-dealkylation sites (tertiary alicyclic amines) is 1. The predicted octanol–water partition coefficient (Wildman–Crippen LogP) is 2.77. The number of nitrogens with one attached hydrogen (secondary N) is 1. The summed E-state index contributed by atoms with van der Waals surface area (Å²) in [5, 5.41) is 12.0. The number of imidazole rings is 1. The van der Waals surface area contributed by atoms with Gasteiger partial charge in [-0.2, -0.15) is 5.26 Å². The molecule has 1 aliphatic heterocycles. The van der Waals surface area contributed by atoms with E-state index in [0.717, 1.165) is 16.8 Å². The van der Waals surface area contributed by atoms with Crippen LogP contribution in [-0.2, 0) is 33.8 Å². The fourth-order valence-corrected chi connectivity index (χ4v) is 4.73. The van der Waals surface area contributed by atoms with Crippen LogP contribution in [0.3, 0.4) is 0 Å². The molecule has 1 amide bonds. The summed E-state index contributed by atoms with van der Waals surface area (Å²) in [4.78, 5) is 31.8. The van der Waals surface area contributed by atoms with Gasteiger partial charge in [0.15, 0.2) is 0 Å². The Balaban J connectivity index is 1.33. The molecule has 1 saturated heterocycles. The first-order chi connectivity index (χ1) is 17.6. The molecule has 36 heavy (non-hydrogen) atoms. The maximum Gasteiger partial charge on any atom is 0.309 e. The van der Waals surface area contributed by atoms with Crippen LogP contribution in [0.15, 0.2) is 67.1 Å². The van der Waals surface area contributed by atoms with Gasteiger partial charge in [-0.15, -0.1) is 0 Å². The number of ether oxygens (including phenoxy) is 1. The van der Waals surface area contributed by atoms with Crippen molar-refractivity contribution in [3.05, 3.63) is 89.5 Å².